The molecule has 0 bridgehead atoms. The molecule has 1 aliphatic carbocycles. The minimum absolute atomic E-state index is 0.0507. The number of hydrogen-bond donors (Lipinski definition) is 1. The Morgan fingerprint density at radius 1 is 1.35 bits per heavy atom. The van der Waals surface area contributed by atoms with Crippen LogP contribution in [0.5, 0.6) is 5.75 Å². The predicted octanol–water partition coefficient (Wildman–Crippen LogP) is 1.32. The summed E-state index contributed by atoms with van der Waals surface area (Å²) < 4.78 is 10.7. The molecule has 1 amide bonds. The molecule has 3 rings (SSSR count). The summed E-state index contributed by atoms with van der Waals surface area (Å²) >= 11 is 0. The Labute approximate surface area is 115 Å². The SMILES string of the molecule is COc1ccccc1N=C1NC(=O)C2(CCCC2=O)O1. The number of amidine groups is 1. The van der Waals surface area contributed by atoms with Crippen molar-refractivity contribution >= 4 is 23.4 Å². The Kier molecular flexibility index (Phi) is 2.93. The molecule has 2 aliphatic rings. The zero-order chi connectivity index (χ0) is 14.2. The molecule has 1 aromatic rings. The number of amides is 1. The van der Waals surface area contributed by atoms with Gasteiger partial charge < -0.3 is 9.47 Å². The van der Waals surface area contributed by atoms with Crippen LogP contribution in [0.25, 0.3) is 0 Å². The zero-order valence-corrected chi connectivity index (χ0v) is 11.0. The third kappa shape index (κ3) is 1.84. The van der Waals surface area contributed by atoms with Gasteiger partial charge in [0, 0.05) is 12.8 Å². The molecule has 1 N–H and O–H groups in total. The molecule has 1 saturated heterocycles. The highest BCUT2D eigenvalue weighted by molar-refractivity contribution is 6.19. The van der Waals surface area contributed by atoms with E-state index < -0.39 is 11.5 Å². The van der Waals surface area contributed by atoms with Crippen molar-refractivity contribution in [3.05, 3.63) is 24.3 Å². The number of nitrogens with zero attached hydrogens (tertiary/aromatic N) is 1. The third-order valence-electron chi connectivity index (χ3n) is 3.55. The Morgan fingerprint density at radius 3 is 2.85 bits per heavy atom. The number of hydrogen-bond acceptors (Lipinski definition) is 5. The molecule has 0 radical (unpaired) electrons. The van der Waals surface area contributed by atoms with E-state index in [1.54, 1.807) is 18.2 Å². The van der Waals surface area contributed by atoms with Crippen LogP contribution in [0.2, 0.25) is 0 Å². The second-order valence-corrected chi connectivity index (χ2v) is 4.75. The van der Waals surface area contributed by atoms with E-state index in [4.69, 9.17) is 9.47 Å². The van der Waals surface area contributed by atoms with Gasteiger partial charge in [-0.3, -0.25) is 14.9 Å². The summed E-state index contributed by atoms with van der Waals surface area (Å²) in [5.74, 6) is -0.0366. The van der Waals surface area contributed by atoms with E-state index >= 15 is 0 Å². The van der Waals surface area contributed by atoms with Gasteiger partial charge in [-0.2, -0.15) is 4.99 Å². The lowest BCUT2D eigenvalue weighted by Crippen LogP contribution is -2.42. The number of benzene rings is 1. The summed E-state index contributed by atoms with van der Waals surface area (Å²) in [4.78, 5) is 28.1. The normalized spacial score (nSPS) is 26.9. The van der Waals surface area contributed by atoms with Crippen molar-refractivity contribution in [2.45, 2.75) is 24.9 Å². The first-order valence-corrected chi connectivity index (χ1v) is 6.41. The molecule has 2 fully saturated rings. The molecule has 1 aromatic carbocycles. The van der Waals surface area contributed by atoms with E-state index in [1.807, 2.05) is 6.07 Å². The average molecular weight is 274 g/mol. The van der Waals surface area contributed by atoms with Gasteiger partial charge >= 0.3 is 0 Å². The van der Waals surface area contributed by atoms with Gasteiger partial charge in [0.25, 0.3) is 11.9 Å². The maximum atomic E-state index is 12.0. The van der Waals surface area contributed by atoms with Gasteiger partial charge in [0.1, 0.15) is 11.4 Å². The van der Waals surface area contributed by atoms with E-state index in [1.165, 1.54) is 7.11 Å². The second kappa shape index (κ2) is 4.63. The van der Waals surface area contributed by atoms with Crippen LogP contribution in [-0.2, 0) is 14.3 Å². The van der Waals surface area contributed by atoms with Gasteiger partial charge in [-0.1, -0.05) is 12.1 Å². The quantitative estimate of drug-likeness (QED) is 0.825. The molecule has 1 aliphatic heterocycles. The largest absolute Gasteiger partial charge is 0.494 e. The standard InChI is InChI=1S/C14H14N2O4/c1-19-10-6-3-2-5-9(10)15-13-16-12(18)14(20-13)8-4-7-11(14)17/h2-3,5-6H,4,7-8H2,1H3,(H,15,16,18). The third-order valence-corrected chi connectivity index (χ3v) is 3.55. The van der Waals surface area contributed by atoms with E-state index in [-0.39, 0.29) is 11.8 Å². The van der Waals surface area contributed by atoms with Crippen LogP contribution < -0.4 is 10.1 Å². The Balaban J connectivity index is 1.92. The number of nitrogens with one attached hydrogen (secondary N) is 1. The maximum Gasteiger partial charge on any atom is 0.298 e. The molecule has 1 spiro atoms. The molecule has 6 nitrogen and oxygen atoms in total. The highest BCUT2D eigenvalue weighted by atomic mass is 16.5. The monoisotopic (exact) mass is 274 g/mol. The number of carbonyl (C=O) groups excluding carboxylic acids is 2. The fraction of sp³-hybridized carbons (Fsp3) is 0.357. The van der Waals surface area contributed by atoms with E-state index in [9.17, 15) is 9.59 Å². The van der Waals surface area contributed by atoms with Gasteiger partial charge in [0.05, 0.1) is 7.11 Å². The Bertz CT molecular complexity index is 611. The molecule has 6 heteroatoms. The molecule has 20 heavy (non-hydrogen) atoms. The number of carbonyl (C=O) groups is 2. The number of Topliss-reactive ketones (excluding diaryl/α,β-unsaturated/α-hetero) is 1. The van der Waals surface area contributed by atoms with Crippen molar-refractivity contribution in [3.8, 4) is 5.75 Å². The summed E-state index contributed by atoms with van der Waals surface area (Å²) in [6.45, 7) is 0. The molecule has 104 valence electrons. The molecule has 1 unspecified atom stereocenters. The highest BCUT2D eigenvalue weighted by Crippen LogP contribution is 2.34. The number of aliphatic imine (C=N–C) groups is 1. The predicted molar refractivity (Wildman–Crippen MR) is 70.9 cm³/mol. The second-order valence-electron chi connectivity index (χ2n) is 4.75. The minimum atomic E-state index is -1.36. The highest BCUT2D eigenvalue weighted by Gasteiger charge is 2.56. The lowest BCUT2D eigenvalue weighted by atomic mass is 10.0. The summed E-state index contributed by atoms with van der Waals surface area (Å²) in [5.41, 5.74) is -0.825. The lowest BCUT2D eigenvalue weighted by Gasteiger charge is -2.15. The van der Waals surface area contributed by atoms with Gasteiger partial charge in [0.15, 0.2) is 5.78 Å². The van der Waals surface area contributed by atoms with Crippen LogP contribution >= 0.6 is 0 Å². The number of rotatable bonds is 2. The van der Waals surface area contributed by atoms with Crippen molar-refractivity contribution in [1.82, 2.24) is 5.32 Å². The molecule has 0 aromatic heterocycles. The number of ether oxygens (including phenoxy) is 2. The molecular formula is C14H14N2O4. The lowest BCUT2D eigenvalue weighted by molar-refractivity contribution is -0.142. The summed E-state index contributed by atoms with van der Waals surface area (Å²) in [6, 6.07) is 7.17. The minimum Gasteiger partial charge on any atom is -0.494 e. The van der Waals surface area contributed by atoms with Gasteiger partial charge in [-0.05, 0) is 18.6 Å². The smallest absolute Gasteiger partial charge is 0.298 e. The Hall–Kier alpha value is -2.37. The molecular weight excluding hydrogens is 260 g/mol. The van der Waals surface area contributed by atoms with Crippen molar-refractivity contribution < 1.29 is 19.1 Å². The maximum absolute atomic E-state index is 12.0. The first-order valence-electron chi connectivity index (χ1n) is 6.41. The van der Waals surface area contributed by atoms with Crippen LogP contribution in [0.4, 0.5) is 5.69 Å². The number of methoxy groups -OCH3 is 1. The van der Waals surface area contributed by atoms with Crippen molar-refractivity contribution in [2.75, 3.05) is 7.11 Å². The number of para-hydroxylation sites is 2. The van der Waals surface area contributed by atoms with Gasteiger partial charge in [-0.25, -0.2) is 0 Å². The van der Waals surface area contributed by atoms with E-state index in [0.717, 1.165) is 0 Å². The van der Waals surface area contributed by atoms with Crippen molar-refractivity contribution in [3.63, 3.8) is 0 Å². The molecule has 1 heterocycles. The van der Waals surface area contributed by atoms with Crippen LogP contribution in [0.1, 0.15) is 19.3 Å². The van der Waals surface area contributed by atoms with Crippen LogP contribution in [0.3, 0.4) is 0 Å². The Morgan fingerprint density at radius 2 is 2.15 bits per heavy atom. The van der Waals surface area contributed by atoms with Crippen LogP contribution in [0.15, 0.2) is 29.3 Å². The summed E-state index contributed by atoms with van der Waals surface area (Å²) in [5, 5.41) is 2.53. The fourth-order valence-electron chi connectivity index (χ4n) is 2.50. The average Bonchev–Trinajstić information content (AvgIpc) is 2.96. The fourth-order valence-corrected chi connectivity index (χ4v) is 2.50. The van der Waals surface area contributed by atoms with Gasteiger partial charge in [-0.15, -0.1) is 0 Å². The van der Waals surface area contributed by atoms with Crippen LogP contribution in [0, 0.1) is 0 Å². The van der Waals surface area contributed by atoms with Crippen LogP contribution in [-0.4, -0.2) is 30.4 Å². The summed E-state index contributed by atoms with van der Waals surface area (Å²) in [6.07, 6.45) is 1.44. The van der Waals surface area contributed by atoms with Crippen molar-refractivity contribution in [2.24, 2.45) is 4.99 Å². The summed E-state index contributed by atoms with van der Waals surface area (Å²) in [7, 11) is 1.54. The first-order chi connectivity index (χ1) is 9.65. The van der Waals surface area contributed by atoms with E-state index in [0.29, 0.717) is 30.7 Å². The number of ketones is 1. The van der Waals surface area contributed by atoms with E-state index in [2.05, 4.69) is 10.3 Å². The van der Waals surface area contributed by atoms with Crippen molar-refractivity contribution in [1.29, 1.82) is 0 Å². The zero-order valence-electron chi connectivity index (χ0n) is 11.0. The van der Waals surface area contributed by atoms with Gasteiger partial charge in [0.2, 0.25) is 5.60 Å². The topological polar surface area (TPSA) is 77.0 Å². The first kappa shape index (κ1) is 12.7. The molecule has 1 atom stereocenters. The molecule has 1 saturated carbocycles.